The quantitative estimate of drug-likeness (QED) is 0.798. The number of rotatable bonds is 3. The summed E-state index contributed by atoms with van der Waals surface area (Å²) in [7, 11) is 0. The van der Waals surface area contributed by atoms with Crippen molar-refractivity contribution in [2.45, 2.75) is 25.9 Å². The van der Waals surface area contributed by atoms with Crippen LogP contribution in [0.15, 0.2) is 30.7 Å². The second kappa shape index (κ2) is 4.57. The summed E-state index contributed by atoms with van der Waals surface area (Å²) in [4.78, 5) is 4.51. The summed E-state index contributed by atoms with van der Waals surface area (Å²) >= 11 is 5.95. The molecule has 2 N–H and O–H groups in total. The van der Waals surface area contributed by atoms with Gasteiger partial charge in [-0.15, -0.1) is 5.10 Å². The fourth-order valence-corrected chi connectivity index (χ4v) is 2.10. The average molecular weight is 291 g/mol. The molecular formula is C13H15ClN6. The first-order valence-electron chi connectivity index (χ1n) is 6.24. The maximum Gasteiger partial charge on any atom is 0.137 e. The molecule has 3 heterocycles. The predicted molar refractivity (Wildman–Crippen MR) is 76.5 cm³/mol. The minimum atomic E-state index is -0.495. The van der Waals surface area contributed by atoms with Crippen LogP contribution in [0.2, 0.25) is 5.02 Å². The van der Waals surface area contributed by atoms with Gasteiger partial charge in [0.15, 0.2) is 0 Å². The Balaban J connectivity index is 1.87. The van der Waals surface area contributed by atoms with Gasteiger partial charge < -0.3 is 10.1 Å². The van der Waals surface area contributed by atoms with Gasteiger partial charge in [-0.1, -0.05) is 16.8 Å². The molecule has 0 radical (unpaired) electrons. The maximum atomic E-state index is 5.99. The Labute approximate surface area is 121 Å². The van der Waals surface area contributed by atoms with E-state index in [4.69, 9.17) is 17.3 Å². The molecule has 0 aromatic carbocycles. The minimum Gasteiger partial charge on any atom is -0.320 e. The van der Waals surface area contributed by atoms with Crippen molar-refractivity contribution in [2.75, 3.05) is 0 Å². The van der Waals surface area contributed by atoms with Crippen LogP contribution >= 0.6 is 11.6 Å². The summed E-state index contributed by atoms with van der Waals surface area (Å²) in [5.41, 5.74) is 7.99. The van der Waals surface area contributed by atoms with Crippen LogP contribution < -0.4 is 5.73 Å². The molecule has 104 valence electrons. The lowest BCUT2D eigenvalue weighted by molar-refractivity contribution is 0.533. The highest BCUT2D eigenvalue weighted by Crippen LogP contribution is 2.14. The normalized spacial score (nSPS) is 12.2. The molecule has 3 aromatic rings. The highest BCUT2D eigenvalue weighted by molar-refractivity contribution is 6.30. The van der Waals surface area contributed by atoms with Crippen LogP contribution in [0.3, 0.4) is 0 Å². The van der Waals surface area contributed by atoms with Gasteiger partial charge in [0, 0.05) is 12.4 Å². The zero-order valence-corrected chi connectivity index (χ0v) is 12.0. The highest BCUT2D eigenvalue weighted by Gasteiger charge is 2.18. The van der Waals surface area contributed by atoms with Crippen LogP contribution in [-0.2, 0) is 12.1 Å². The summed E-state index contributed by atoms with van der Waals surface area (Å²) in [5, 5.41) is 8.84. The predicted octanol–water partition coefficient (Wildman–Crippen LogP) is 1.82. The van der Waals surface area contributed by atoms with E-state index in [0.717, 1.165) is 17.0 Å². The number of pyridine rings is 1. The minimum absolute atomic E-state index is 0.495. The monoisotopic (exact) mass is 290 g/mol. The standard InChI is InChI=1S/C13H15ClN6/c1-13(2,15)11-8-20(18-17-11)7-10-6-19-5-9(14)3-4-12(19)16-10/h3-6,8H,7,15H2,1-2H3. The van der Waals surface area contributed by atoms with Crippen LogP contribution in [0, 0.1) is 0 Å². The Morgan fingerprint density at radius 1 is 1.25 bits per heavy atom. The lowest BCUT2D eigenvalue weighted by Gasteiger charge is -2.13. The molecule has 0 saturated heterocycles. The molecule has 3 rings (SSSR count). The second-order valence-corrected chi connectivity index (χ2v) is 5.80. The van der Waals surface area contributed by atoms with E-state index in [1.165, 1.54) is 0 Å². The van der Waals surface area contributed by atoms with Crippen molar-refractivity contribution < 1.29 is 0 Å². The second-order valence-electron chi connectivity index (χ2n) is 5.37. The molecule has 0 saturated carbocycles. The van der Waals surface area contributed by atoms with Gasteiger partial charge in [-0.2, -0.15) is 0 Å². The summed E-state index contributed by atoms with van der Waals surface area (Å²) < 4.78 is 3.62. The number of hydrogen-bond donors (Lipinski definition) is 1. The van der Waals surface area contributed by atoms with Crippen molar-refractivity contribution in [1.82, 2.24) is 24.4 Å². The first-order valence-corrected chi connectivity index (χ1v) is 6.62. The number of halogens is 1. The van der Waals surface area contributed by atoms with Crippen molar-refractivity contribution >= 4 is 17.2 Å². The molecule has 20 heavy (non-hydrogen) atoms. The maximum absolute atomic E-state index is 5.99. The molecule has 0 unspecified atom stereocenters. The Morgan fingerprint density at radius 2 is 2.05 bits per heavy atom. The molecular weight excluding hydrogens is 276 g/mol. The van der Waals surface area contributed by atoms with Gasteiger partial charge >= 0.3 is 0 Å². The highest BCUT2D eigenvalue weighted by atomic mass is 35.5. The van der Waals surface area contributed by atoms with Crippen molar-refractivity contribution in [1.29, 1.82) is 0 Å². The summed E-state index contributed by atoms with van der Waals surface area (Å²) in [6.45, 7) is 4.34. The van der Waals surface area contributed by atoms with E-state index in [1.807, 2.05) is 49.0 Å². The molecule has 0 amide bonds. The van der Waals surface area contributed by atoms with Crippen molar-refractivity contribution in [3.8, 4) is 0 Å². The molecule has 0 spiro atoms. The summed E-state index contributed by atoms with van der Waals surface area (Å²) in [6, 6.07) is 3.69. The summed E-state index contributed by atoms with van der Waals surface area (Å²) in [5.74, 6) is 0. The van der Waals surface area contributed by atoms with Crippen LogP contribution in [0.4, 0.5) is 0 Å². The zero-order chi connectivity index (χ0) is 14.3. The van der Waals surface area contributed by atoms with Crippen LogP contribution in [0.25, 0.3) is 5.65 Å². The Kier molecular flexibility index (Phi) is 2.99. The molecule has 0 atom stereocenters. The lowest BCUT2D eigenvalue weighted by atomic mass is 10.0. The summed E-state index contributed by atoms with van der Waals surface area (Å²) in [6.07, 6.45) is 5.59. The van der Waals surface area contributed by atoms with E-state index in [2.05, 4.69) is 15.3 Å². The molecule has 3 aromatic heterocycles. The fourth-order valence-electron chi connectivity index (χ4n) is 1.93. The van der Waals surface area contributed by atoms with E-state index in [0.29, 0.717) is 11.6 Å². The average Bonchev–Trinajstić information content (AvgIpc) is 2.94. The number of nitrogens with zero attached hydrogens (tertiary/aromatic N) is 5. The van der Waals surface area contributed by atoms with Gasteiger partial charge in [-0.05, 0) is 26.0 Å². The van der Waals surface area contributed by atoms with E-state index in [9.17, 15) is 0 Å². The zero-order valence-electron chi connectivity index (χ0n) is 11.3. The van der Waals surface area contributed by atoms with Gasteiger partial charge in [-0.25, -0.2) is 9.67 Å². The van der Waals surface area contributed by atoms with Gasteiger partial charge in [-0.3, -0.25) is 0 Å². The Morgan fingerprint density at radius 3 is 2.75 bits per heavy atom. The van der Waals surface area contributed by atoms with Gasteiger partial charge in [0.25, 0.3) is 0 Å². The van der Waals surface area contributed by atoms with Gasteiger partial charge in [0.05, 0.1) is 29.0 Å². The lowest BCUT2D eigenvalue weighted by Crippen LogP contribution is -2.29. The fraction of sp³-hybridized carbons (Fsp3) is 0.308. The first kappa shape index (κ1) is 13.1. The third-order valence-corrected chi connectivity index (χ3v) is 3.21. The number of imidazole rings is 1. The van der Waals surface area contributed by atoms with Crippen molar-refractivity contribution in [3.05, 3.63) is 47.1 Å². The van der Waals surface area contributed by atoms with Crippen molar-refractivity contribution in [3.63, 3.8) is 0 Å². The number of aromatic nitrogens is 5. The molecule has 7 heteroatoms. The first-order chi connectivity index (χ1) is 9.41. The smallest absolute Gasteiger partial charge is 0.137 e. The van der Waals surface area contributed by atoms with E-state index in [1.54, 1.807) is 4.68 Å². The molecule has 0 aliphatic heterocycles. The number of fused-ring (bicyclic) bond motifs is 1. The number of hydrogen-bond acceptors (Lipinski definition) is 4. The molecule has 0 aliphatic carbocycles. The Hall–Kier alpha value is -1.92. The van der Waals surface area contributed by atoms with E-state index >= 15 is 0 Å². The van der Waals surface area contributed by atoms with Crippen LogP contribution in [0.1, 0.15) is 25.2 Å². The molecule has 0 bridgehead atoms. The van der Waals surface area contributed by atoms with Crippen LogP contribution in [-0.4, -0.2) is 24.4 Å². The molecule has 0 aliphatic rings. The SMILES string of the molecule is CC(C)(N)c1cn(Cc2cn3cc(Cl)ccc3n2)nn1. The third-order valence-electron chi connectivity index (χ3n) is 2.99. The van der Waals surface area contributed by atoms with Crippen LogP contribution in [0.5, 0.6) is 0 Å². The topological polar surface area (TPSA) is 74.0 Å². The number of nitrogens with two attached hydrogens (primary N) is 1. The largest absolute Gasteiger partial charge is 0.320 e. The molecule has 6 nitrogen and oxygen atoms in total. The van der Waals surface area contributed by atoms with Gasteiger partial charge in [0.1, 0.15) is 11.3 Å². The van der Waals surface area contributed by atoms with Crippen molar-refractivity contribution in [2.24, 2.45) is 5.73 Å². The Bertz CT molecular complexity index is 752. The van der Waals surface area contributed by atoms with E-state index < -0.39 is 5.54 Å². The molecule has 0 fully saturated rings. The van der Waals surface area contributed by atoms with E-state index in [-0.39, 0.29) is 0 Å². The third kappa shape index (κ3) is 2.52. The van der Waals surface area contributed by atoms with Gasteiger partial charge in [0.2, 0.25) is 0 Å².